The van der Waals surface area contributed by atoms with Crippen LogP contribution in [0.15, 0.2) is 47.6 Å². The lowest BCUT2D eigenvalue weighted by atomic mass is 9.62. The Bertz CT molecular complexity index is 2000. The van der Waals surface area contributed by atoms with Crippen LogP contribution in [0.2, 0.25) is 0 Å². The summed E-state index contributed by atoms with van der Waals surface area (Å²) in [6, 6.07) is 7.85. The van der Waals surface area contributed by atoms with Gasteiger partial charge in [-0.25, -0.2) is 0 Å². The number of methoxy groups -OCH3 is 4. The Morgan fingerprint density at radius 3 is 1.21 bits per heavy atom. The predicted octanol–water partition coefficient (Wildman–Crippen LogP) is 12.3. The molecule has 0 heterocycles. The molecule has 68 heavy (non-hydrogen) atoms. The Balaban J connectivity index is 0.000000360. The highest BCUT2D eigenvalue weighted by atomic mass is 16.5. The third-order valence-corrected chi connectivity index (χ3v) is 15.6. The third kappa shape index (κ3) is 15.4. The number of Topliss-reactive ketones (excluding diaryl/α,β-unsaturated/α-hetero) is 4. The van der Waals surface area contributed by atoms with Gasteiger partial charge in [0.2, 0.25) is 0 Å². The zero-order chi connectivity index (χ0) is 51.5. The van der Waals surface area contributed by atoms with Gasteiger partial charge < -0.3 is 29.2 Å². The number of benzene rings is 2. The van der Waals surface area contributed by atoms with Crippen LogP contribution in [0.4, 0.5) is 0 Å². The quantitative estimate of drug-likeness (QED) is 0.0975. The second-order valence-corrected chi connectivity index (χ2v) is 22.5. The Morgan fingerprint density at radius 1 is 0.574 bits per heavy atom. The fourth-order valence-electron chi connectivity index (χ4n) is 10.8. The van der Waals surface area contributed by atoms with Crippen LogP contribution in [-0.2, 0) is 32.0 Å². The molecule has 0 saturated heterocycles. The zero-order valence-corrected chi connectivity index (χ0v) is 44.9. The van der Waals surface area contributed by atoms with Crippen molar-refractivity contribution in [3.05, 3.63) is 69.8 Å². The van der Waals surface area contributed by atoms with Gasteiger partial charge in [-0.1, -0.05) is 63.8 Å². The molecule has 2 aromatic rings. The first-order valence-corrected chi connectivity index (χ1v) is 24.8. The summed E-state index contributed by atoms with van der Waals surface area (Å²) in [6.07, 6.45) is 14.0. The van der Waals surface area contributed by atoms with Crippen molar-refractivity contribution in [3.63, 3.8) is 0 Å². The van der Waals surface area contributed by atoms with Crippen LogP contribution in [0.3, 0.4) is 0 Å². The van der Waals surface area contributed by atoms with Gasteiger partial charge in [-0.15, -0.1) is 0 Å². The van der Waals surface area contributed by atoms with Gasteiger partial charge in [0.05, 0.1) is 39.6 Å². The number of ether oxygens (including phenoxy) is 4. The first-order chi connectivity index (χ1) is 31.5. The monoisotopic (exact) mass is 945 g/mol. The van der Waals surface area contributed by atoms with E-state index in [0.717, 1.165) is 94.9 Å². The van der Waals surface area contributed by atoms with Crippen molar-refractivity contribution in [2.24, 2.45) is 21.7 Å². The van der Waals surface area contributed by atoms with Crippen LogP contribution in [0.1, 0.15) is 181 Å². The van der Waals surface area contributed by atoms with Crippen molar-refractivity contribution in [1.82, 2.24) is 0 Å². The summed E-state index contributed by atoms with van der Waals surface area (Å²) in [6.45, 7) is 23.2. The van der Waals surface area contributed by atoms with Crippen LogP contribution < -0.4 is 18.9 Å². The third-order valence-electron chi connectivity index (χ3n) is 15.6. The summed E-state index contributed by atoms with van der Waals surface area (Å²) in [5.41, 5.74) is 2.69. The lowest BCUT2D eigenvalue weighted by Gasteiger charge is -2.40. The Kier molecular flexibility index (Phi) is 20.5. The van der Waals surface area contributed by atoms with E-state index in [4.69, 9.17) is 18.9 Å². The molecule has 2 aliphatic rings. The number of ketones is 4. The van der Waals surface area contributed by atoms with Crippen LogP contribution in [0.5, 0.6) is 23.0 Å². The van der Waals surface area contributed by atoms with Crippen molar-refractivity contribution in [2.45, 2.75) is 197 Å². The average molecular weight is 945 g/mol. The summed E-state index contributed by atoms with van der Waals surface area (Å²) in [5, 5.41) is 20.1. The smallest absolute Gasteiger partial charge is 0.139 e. The van der Waals surface area contributed by atoms with E-state index < -0.39 is 22.0 Å². The molecule has 0 aliphatic heterocycles. The van der Waals surface area contributed by atoms with Crippen molar-refractivity contribution < 1.29 is 48.3 Å². The molecule has 0 unspecified atom stereocenters. The molecule has 10 heteroatoms. The maximum atomic E-state index is 13.2. The first kappa shape index (κ1) is 58.0. The first-order valence-electron chi connectivity index (χ1n) is 24.8. The molecule has 0 radical (unpaired) electrons. The molecule has 2 fully saturated rings. The molecule has 0 amide bonds. The highest BCUT2D eigenvalue weighted by molar-refractivity contribution is 5.89. The number of hydrogen-bond donors (Lipinski definition) is 2. The van der Waals surface area contributed by atoms with Crippen molar-refractivity contribution >= 4 is 23.1 Å². The lowest BCUT2D eigenvalue weighted by Crippen LogP contribution is -2.41. The molecule has 2 N–H and O–H groups in total. The van der Waals surface area contributed by atoms with Gasteiger partial charge >= 0.3 is 0 Å². The largest absolute Gasteiger partial charge is 0.497 e. The second kappa shape index (κ2) is 24.0. The fourth-order valence-corrected chi connectivity index (χ4v) is 10.8. The molecular weight excluding hydrogens is 857 g/mol. The maximum absolute atomic E-state index is 13.2. The zero-order valence-electron chi connectivity index (χ0n) is 44.9. The van der Waals surface area contributed by atoms with Crippen LogP contribution in [-0.4, -0.2) is 73.0 Å². The molecule has 2 aliphatic carbocycles. The van der Waals surface area contributed by atoms with E-state index in [0.29, 0.717) is 64.2 Å². The molecule has 0 bridgehead atoms. The lowest BCUT2D eigenvalue weighted by molar-refractivity contribution is -0.137. The number of carbonyl (C=O) groups is 4. The summed E-state index contributed by atoms with van der Waals surface area (Å²) < 4.78 is 21.9. The van der Waals surface area contributed by atoms with Crippen LogP contribution >= 0.6 is 0 Å². The van der Waals surface area contributed by atoms with Gasteiger partial charge in [-0.2, -0.15) is 0 Å². The standard InChI is InChI=1S/2C29H44O5/c2*1-20(10-11-22-18-24(33-7)17-21(2)26(22)34-8)16-23(30)19-28(5)13-9-14-29(28,6)25(31)12-15-27(3,4)32/h2*10,17-18,32H,9,11-16,19H2,1-8H3/t2*28-,29+/m11/s1. The van der Waals surface area contributed by atoms with E-state index in [1.165, 1.54) is 0 Å². The summed E-state index contributed by atoms with van der Waals surface area (Å²) in [4.78, 5) is 52.5. The van der Waals surface area contributed by atoms with E-state index in [1.807, 2.05) is 65.8 Å². The van der Waals surface area contributed by atoms with Gasteiger partial charge in [0.25, 0.3) is 0 Å². The summed E-state index contributed by atoms with van der Waals surface area (Å²) in [5.74, 6) is 3.97. The predicted molar refractivity (Wildman–Crippen MR) is 273 cm³/mol. The van der Waals surface area contributed by atoms with Gasteiger partial charge in [0.15, 0.2) is 0 Å². The highest BCUT2D eigenvalue weighted by Gasteiger charge is 2.54. The summed E-state index contributed by atoms with van der Waals surface area (Å²) >= 11 is 0. The average Bonchev–Trinajstić information content (AvgIpc) is 3.71. The van der Waals surface area contributed by atoms with Crippen molar-refractivity contribution in [3.8, 4) is 23.0 Å². The van der Waals surface area contributed by atoms with Crippen LogP contribution in [0.25, 0.3) is 0 Å². The number of rotatable bonds is 24. The summed E-state index contributed by atoms with van der Waals surface area (Å²) in [7, 11) is 6.64. The molecule has 2 aromatic carbocycles. The number of allylic oxidation sites excluding steroid dienone is 4. The van der Waals surface area contributed by atoms with E-state index in [1.54, 1.807) is 56.1 Å². The van der Waals surface area contributed by atoms with Crippen LogP contribution in [0, 0.1) is 35.5 Å². The molecule has 4 atom stereocenters. The van der Waals surface area contributed by atoms with E-state index in [9.17, 15) is 29.4 Å². The maximum Gasteiger partial charge on any atom is 0.139 e. The van der Waals surface area contributed by atoms with Crippen molar-refractivity contribution in [1.29, 1.82) is 0 Å². The van der Waals surface area contributed by atoms with E-state index in [2.05, 4.69) is 26.0 Å². The molecule has 10 nitrogen and oxygen atoms in total. The topological polar surface area (TPSA) is 146 Å². The van der Waals surface area contributed by atoms with Gasteiger partial charge in [-0.05, 0) is 153 Å². The second-order valence-electron chi connectivity index (χ2n) is 22.5. The van der Waals surface area contributed by atoms with E-state index in [-0.39, 0.29) is 34.0 Å². The highest BCUT2D eigenvalue weighted by Crippen LogP contribution is 2.57. The van der Waals surface area contributed by atoms with Gasteiger partial charge in [0, 0.05) is 60.5 Å². The Morgan fingerprint density at radius 2 is 0.912 bits per heavy atom. The minimum Gasteiger partial charge on any atom is -0.497 e. The minimum atomic E-state index is -0.858. The normalized spacial score (nSPS) is 23.1. The van der Waals surface area contributed by atoms with Gasteiger partial charge in [0.1, 0.15) is 46.1 Å². The van der Waals surface area contributed by atoms with Crippen molar-refractivity contribution in [2.75, 3.05) is 28.4 Å². The van der Waals surface area contributed by atoms with Gasteiger partial charge in [-0.3, -0.25) is 19.2 Å². The molecule has 380 valence electrons. The number of aryl methyl sites for hydroxylation is 2. The number of hydrogen-bond acceptors (Lipinski definition) is 10. The molecule has 0 aromatic heterocycles. The Labute approximate surface area is 410 Å². The molecule has 2 saturated carbocycles. The molecule has 0 spiro atoms. The fraction of sp³-hybridized carbons (Fsp3) is 0.655. The number of aliphatic hydroxyl groups is 2. The SMILES string of the molecule is COc1cc(C)c(OC)c(CC=C(C)CC(=O)C[C@@]2(C)CCC[C@@]2(C)C(=O)CCC(C)(C)O)c1.COc1cc(C)c(OC)c(CC=C(C)CC(=O)C[C@@]2(C)CCC[C@@]2(C)C(=O)CCC(C)(C)O)c1. The minimum absolute atomic E-state index is 0.174. The molecule has 4 rings (SSSR count). The number of carbonyl (C=O) groups excluding carboxylic acids is 4. The Hall–Kier alpha value is -4.28. The van der Waals surface area contributed by atoms with E-state index >= 15 is 0 Å². The molecular formula is C58H88O10.